The molecule has 0 bridgehead atoms. The third-order valence-electron chi connectivity index (χ3n) is 2.27. The van der Waals surface area contributed by atoms with Crippen molar-refractivity contribution < 1.29 is 0 Å². The molecule has 2 heterocycles. The van der Waals surface area contributed by atoms with Gasteiger partial charge < -0.3 is 5.32 Å². The Hall–Kier alpha value is -0.970. The lowest BCUT2D eigenvalue weighted by molar-refractivity contribution is 0.639. The summed E-state index contributed by atoms with van der Waals surface area (Å²) in [7, 11) is 0. The van der Waals surface area contributed by atoms with Crippen LogP contribution < -0.4 is 5.32 Å². The molecule has 1 atom stereocenters. The van der Waals surface area contributed by atoms with Gasteiger partial charge >= 0.3 is 0 Å². The van der Waals surface area contributed by atoms with Crippen molar-refractivity contribution in [1.82, 2.24) is 10.3 Å². The van der Waals surface area contributed by atoms with Gasteiger partial charge in [-0.2, -0.15) is 11.3 Å². The van der Waals surface area contributed by atoms with E-state index >= 15 is 0 Å². The molecule has 2 aromatic heterocycles. The van der Waals surface area contributed by atoms with E-state index in [1.165, 1.54) is 10.4 Å². The van der Waals surface area contributed by atoms with Gasteiger partial charge in [0.1, 0.15) is 5.01 Å². The Labute approximate surface area is 104 Å². The molecule has 2 rings (SSSR count). The molecule has 0 aliphatic carbocycles. The first-order valence-corrected chi connectivity index (χ1v) is 6.88. The third kappa shape index (κ3) is 2.78. The van der Waals surface area contributed by atoms with Gasteiger partial charge in [0.15, 0.2) is 0 Å². The number of aromatic nitrogens is 1. The Balaban J connectivity index is 2.00. The highest BCUT2D eigenvalue weighted by Gasteiger charge is 2.05. The van der Waals surface area contributed by atoms with E-state index in [1.807, 2.05) is 12.3 Å². The van der Waals surface area contributed by atoms with Crippen LogP contribution in [-0.4, -0.2) is 11.0 Å². The highest BCUT2D eigenvalue weighted by molar-refractivity contribution is 7.15. The van der Waals surface area contributed by atoms with E-state index in [-0.39, 0.29) is 0 Å². The maximum Gasteiger partial charge on any atom is 0.124 e. The lowest BCUT2D eigenvalue weighted by Crippen LogP contribution is -2.22. The fraction of sp³-hybridized carbons (Fsp3) is 0.250. The largest absolute Gasteiger partial charge is 0.306 e. The number of hydrogen-bond acceptors (Lipinski definition) is 4. The van der Waals surface area contributed by atoms with Crippen molar-refractivity contribution in [1.29, 1.82) is 0 Å². The fourth-order valence-electron chi connectivity index (χ4n) is 1.25. The lowest BCUT2D eigenvalue weighted by atomic mass is 10.3. The predicted molar refractivity (Wildman–Crippen MR) is 71.9 cm³/mol. The Morgan fingerprint density at radius 1 is 1.62 bits per heavy atom. The summed E-state index contributed by atoms with van der Waals surface area (Å²) >= 11 is 3.45. The van der Waals surface area contributed by atoms with Gasteiger partial charge in [-0.3, -0.25) is 0 Å². The molecule has 84 valence electrons. The minimum atomic E-state index is 0.340. The van der Waals surface area contributed by atoms with Crippen molar-refractivity contribution >= 4 is 22.7 Å². The molecule has 0 amide bonds. The van der Waals surface area contributed by atoms with E-state index in [4.69, 9.17) is 0 Å². The second-order valence-electron chi connectivity index (χ2n) is 3.55. The average molecular weight is 250 g/mol. The zero-order valence-electron chi connectivity index (χ0n) is 9.14. The Morgan fingerprint density at radius 2 is 2.50 bits per heavy atom. The first-order chi connectivity index (χ1) is 7.79. The predicted octanol–water partition coefficient (Wildman–Crippen LogP) is 3.54. The quantitative estimate of drug-likeness (QED) is 0.821. The molecule has 1 unspecified atom stereocenters. The lowest BCUT2D eigenvalue weighted by Gasteiger charge is -2.06. The van der Waals surface area contributed by atoms with Gasteiger partial charge in [0.05, 0.1) is 0 Å². The van der Waals surface area contributed by atoms with Crippen LogP contribution in [0.1, 0.15) is 11.8 Å². The number of rotatable bonds is 5. The van der Waals surface area contributed by atoms with Gasteiger partial charge in [0.2, 0.25) is 0 Å². The summed E-state index contributed by atoms with van der Waals surface area (Å²) in [6.45, 7) is 6.69. The number of nitrogens with one attached hydrogen (secondary N) is 1. The summed E-state index contributed by atoms with van der Waals surface area (Å²) in [5, 5.41) is 8.67. The number of thiazole rings is 1. The maximum atomic E-state index is 4.42. The van der Waals surface area contributed by atoms with E-state index in [1.54, 1.807) is 22.7 Å². The molecule has 2 nitrogen and oxygen atoms in total. The monoisotopic (exact) mass is 250 g/mol. The van der Waals surface area contributed by atoms with Crippen molar-refractivity contribution in [3.8, 4) is 10.6 Å². The molecule has 1 N–H and O–H groups in total. The molecule has 0 fully saturated rings. The molecule has 0 aliphatic rings. The summed E-state index contributed by atoms with van der Waals surface area (Å²) in [5.74, 6) is 0. The van der Waals surface area contributed by atoms with Gasteiger partial charge in [-0.25, -0.2) is 4.98 Å². The van der Waals surface area contributed by atoms with Crippen LogP contribution in [0.15, 0.2) is 35.7 Å². The van der Waals surface area contributed by atoms with Gasteiger partial charge in [-0.1, -0.05) is 6.08 Å². The van der Waals surface area contributed by atoms with Crippen LogP contribution in [0.25, 0.3) is 10.6 Å². The molecule has 0 saturated heterocycles. The van der Waals surface area contributed by atoms with Crippen LogP contribution in [0.2, 0.25) is 0 Å². The standard InChI is InChI=1S/C12H14N2S2/c1-3-9(2)13-6-11-7-14-12(16-11)10-4-5-15-8-10/h3-5,7-9,13H,1,6H2,2H3. The van der Waals surface area contributed by atoms with Crippen LogP contribution >= 0.6 is 22.7 Å². The van der Waals surface area contributed by atoms with Gasteiger partial charge in [-0.05, 0) is 18.4 Å². The highest BCUT2D eigenvalue weighted by Crippen LogP contribution is 2.26. The average Bonchev–Trinajstić information content (AvgIpc) is 2.95. The number of hydrogen-bond donors (Lipinski definition) is 1. The van der Waals surface area contributed by atoms with E-state index < -0.39 is 0 Å². The summed E-state index contributed by atoms with van der Waals surface area (Å²) in [5.41, 5.74) is 1.22. The van der Waals surface area contributed by atoms with Crippen molar-refractivity contribution in [2.45, 2.75) is 19.5 Å². The van der Waals surface area contributed by atoms with Crippen LogP contribution in [0.4, 0.5) is 0 Å². The van der Waals surface area contributed by atoms with Crippen molar-refractivity contribution in [3.63, 3.8) is 0 Å². The van der Waals surface area contributed by atoms with Gasteiger partial charge in [-0.15, -0.1) is 17.9 Å². The van der Waals surface area contributed by atoms with Gasteiger partial charge in [0.25, 0.3) is 0 Å². The SMILES string of the molecule is C=CC(C)NCc1cnc(-c2ccsc2)s1. The van der Waals surface area contributed by atoms with Crippen molar-refractivity contribution in [3.05, 3.63) is 40.6 Å². The van der Waals surface area contributed by atoms with Crippen LogP contribution in [0.3, 0.4) is 0 Å². The number of thiophene rings is 1. The molecule has 0 saturated carbocycles. The molecular formula is C12H14N2S2. The zero-order valence-corrected chi connectivity index (χ0v) is 10.8. The minimum Gasteiger partial charge on any atom is -0.306 e. The van der Waals surface area contributed by atoms with E-state index in [9.17, 15) is 0 Å². The summed E-state index contributed by atoms with van der Waals surface area (Å²) in [6, 6.07) is 2.44. The van der Waals surface area contributed by atoms with E-state index in [0.717, 1.165) is 11.6 Å². The topological polar surface area (TPSA) is 24.9 Å². The Bertz CT molecular complexity index is 445. The molecule has 0 radical (unpaired) electrons. The fourth-order valence-corrected chi connectivity index (χ4v) is 2.83. The van der Waals surface area contributed by atoms with Crippen molar-refractivity contribution in [2.75, 3.05) is 0 Å². The van der Waals surface area contributed by atoms with Crippen LogP contribution in [0, 0.1) is 0 Å². The van der Waals surface area contributed by atoms with E-state index in [2.05, 4.69) is 40.6 Å². The molecule has 0 spiro atoms. The molecule has 0 aromatic carbocycles. The van der Waals surface area contributed by atoms with Crippen molar-refractivity contribution in [2.24, 2.45) is 0 Å². The second kappa shape index (κ2) is 5.39. The Kier molecular flexibility index (Phi) is 3.88. The summed E-state index contributed by atoms with van der Waals surface area (Å²) in [4.78, 5) is 5.68. The molecule has 4 heteroatoms. The second-order valence-corrected chi connectivity index (χ2v) is 5.44. The molecule has 0 aliphatic heterocycles. The first kappa shape index (κ1) is 11.5. The minimum absolute atomic E-state index is 0.340. The maximum absolute atomic E-state index is 4.42. The zero-order chi connectivity index (χ0) is 11.4. The normalized spacial score (nSPS) is 12.6. The molecular weight excluding hydrogens is 236 g/mol. The molecule has 2 aromatic rings. The summed E-state index contributed by atoms with van der Waals surface area (Å²) in [6.07, 6.45) is 3.85. The smallest absolute Gasteiger partial charge is 0.124 e. The van der Waals surface area contributed by atoms with Gasteiger partial charge in [0, 0.05) is 34.6 Å². The first-order valence-electron chi connectivity index (χ1n) is 5.13. The third-order valence-corrected chi connectivity index (χ3v) is 4.00. The van der Waals surface area contributed by atoms with E-state index in [0.29, 0.717) is 6.04 Å². The van der Waals surface area contributed by atoms with Crippen LogP contribution in [0.5, 0.6) is 0 Å². The summed E-state index contributed by atoms with van der Waals surface area (Å²) < 4.78 is 0. The Morgan fingerprint density at radius 3 is 3.19 bits per heavy atom. The highest BCUT2D eigenvalue weighted by atomic mass is 32.1. The molecule has 16 heavy (non-hydrogen) atoms. The number of nitrogens with zero attached hydrogens (tertiary/aromatic N) is 1. The van der Waals surface area contributed by atoms with Crippen LogP contribution in [-0.2, 0) is 6.54 Å².